The Morgan fingerprint density at radius 3 is 2.33 bits per heavy atom. The number of rotatable bonds is 5. The topological polar surface area (TPSA) is 29.5 Å². The minimum Gasteiger partial charge on any atom is -0.460 e. The lowest BCUT2D eigenvalue weighted by atomic mass is 9.82. The molecule has 0 unspecified atom stereocenters. The second-order valence-electron chi connectivity index (χ2n) is 6.57. The van der Waals surface area contributed by atoms with Gasteiger partial charge in [-0.05, 0) is 52.0 Å². The summed E-state index contributed by atoms with van der Waals surface area (Å²) >= 11 is 0. The molecule has 106 valence electrons. The van der Waals surface area contributed by atoms with Crippen LogP contribution < -0.4 is 0 Å². The van der Waals surface area contributed by atoms with Crippen molar-refractivity contribution in [3.8, 4) is 0 Å². The number of ether oxygens (including phenoxy) is 1. The highest BCUT2D eigenvalue weighted by Crippen LogP contribution is 2.36. The van der Waals surface area contributed by atoms with Crippen molar-refractivity contribution in [1.82, 2.24) is 4.90 Å². The Morgan fingerprint density at radius 1 is 1.28 bits per heavy atom. The van der Waals surface area contributed by atoms with Crippen LogP contribution in [0.1, 0.15) is 60.3 Å². The maximum absolute atomic E-state index is 11.7. The average Bonchev–Trinajstić information content (AvgIpc) is 2.68. The summed E-state index contributed by atoms with van der Waals surface area (Å²) in [4.78, 5) is 14.1. The highest BCUT2D eigenvalue weighted by molar-refractivity contribution is 5.70. The van der Waals surface area contributed by atoms with Gasteiger partial charge in [-0.3, -0.25) is 4.79 Å². The summed E-state index contributed by atoms with van der Waals surface area (Å²) < 4.78 is 5.34. The summed E-state index contributed by atoms with van der Waals surface area (Å²) in [5.41, 5.74) is 0.132. The number of hydrogen-bond donors (Lipinski definition) is 0. The molecule has 3 heteroatoms. The molecule has 0 aromatic heterocycles. The molecule has 0 aromatic carbocycles. The van der Waals surface area contributed by atoms with E-state index in [2.05, 4.69) is 18.7 Å². The molecule has 0 N–H and O–H groups in total. The lowest BCUT2D eigenvalue weighted by Crippen LogP contribution is -2.30. The largest absolute Gasteiger partial charge is 0.460 e. The smallest absolute Gasteiger partial charge is 0.307 e. The van der Waals surface area contributed by atoms with Gasteiger partial charge in [0.15, 0.2) is 0 Å². The predicted molar refractivity (Wildman–Crippen MR) is 74.5 cm³/mol. The Balaban J connectivity index is 2.32. The van der Waals surface area contributed by atoms with Gasteiger partial charge < -0.3 is 9.64 Å². The lowest BCUT2D eigenvalue weighted by molar-refractivity contribution is -0.155. The van der Waals surface area contributed by atoms with Crippen molar-refractivity contribution in [2.24, 2.45) is 5.41 Å². The van der Waals surface area contributed by atoms with E-state index in [9.17, 15) is 4.79 Å². The van der Waals surface area contributed by atoms with E-state index >= 15 is 0 Å². The van der Waals surface area contributed by atoms with Crippen molar-refractivity contribution < 1.29 is 9.53 Å². The summed E-state index contributed by atoms with van der Waals surface area (Å²) in [5.74, 6) is -0.0759. The van der Waals surface area contributed by atoms with Crippen LogP contribution in [0.2, 0.25) is 0 Å². The number of nitrogens with zero attached hydrogens (tertiary/aromatic N) is 1. The third kappa shape index (κ3) is 4.60. The molecule has 0 spiro atoms. The molecule has 3 nitrogen and oxygen atoms in total. The molecule has 1 heterocycles. The van der Waals surface area contributed by atoms with Gasteiger partial charge in [-0.25, -0.2) is 0 Å². The first kappa shape index (κ1) is 15.5. The molecule has 0 saturated carbocycles. The molecular weight excluding hydrogens is 226 g/mol. The van der Waals surface area contributed by atoms with Crippen LogP contribution in [0.5, 0.6) is 0 Å². The van der Waals surface area contributed by atoms with Crippen molar-refractivity contribution >= 4 is 5.97 Å². The quantitative estimate of drug-likeness (QED) is 0.706. The lowest BCUT2D eigenvalue weighted by Gasteiger charge is -2.26. The van der Waals surface area contributed by atoms with Crippen LogP contribution in [0.4, 0.5) is 0 Å². The first-order valence-electron chi connectivity index (χ1n) is 7.24. The van der Waals surface area contributed by atoms with Gasteiger partial charge in [-0.15, -0.1) is 0 Å². The molecule has 1 rings (SSSR count). The molecular formula is C15H29NO2. The van der Waals surface area contributed by atoms with Gasteiger partial charge in [-0.2, -0.15) is 0 Å². The van der Waals surface area contributed by atoms with E-state index in [1.165, 1.54) is 19.3 Å². The van der Waals surface area contributed by atoms with Gasteiger partial charge in [0.25, 0.3) is 0 Å². The fourth-order valence-electron chi connectivity index (χ4n) is 2.69. The molecule has 0 amide bonds. The molecule has 0 aromatic rings. The molecule has 1 aliphatic heterocycles. The van der Waals surface area contributed by atoms with Crippen molar-refractivity contribution in [2.75, 3.05) is 19.6 Å². The van der Waals surface area contributed by atoms with Crippen molar-refractivity contribution in [3.63, 3.8) is 0 Å². The van der Waals surface area contributed by atoms with Crippen LogP contribution in [0, 0.1) is 5.41 Å². The fourth-order valence-corrected chi connectivity index (χ4v) is 2.69. The number of esters is 1. The Hall–Kier alpha value is -0.570. The zero-order valence-electron chi connectivity index (χ0n) is 12.7. The van der Waals surface area contributed by atoms with Crippen LogP contribution in [-0.2, 0) is 9.53 Å². The number of hydrogen-bond acceptors (Lipinski definition) is 3. The Morgan fingerprint density at radius 2 is 1.89 bits per heavy atom. The normalized spacial score (nSPS) is 20.1. The standard InChI is InChI=1S/C15H29NO2/c1-6-15(7-2)9-11-16(12-15)10-8-13(17)18-14(3,4)5/h6-12H2,1-5H3. The van der Waals surface area contributed by atoms with Crippen molar-refractivity contribution in [3.05, 3.63) is 0 Å². The van der Waals surface area contributed by atoms with Crippen molar-refractivity contribution in [1.29, 1.82) is 0 Å². The van der Waals surface area contributed by atoms with E-state index in [1.54, 1.807) is 0 Å². The first-order chi connectivity index (χ1) is 8.30. The highest BCUT2D eigenvalue weighted by Gasteiger charge is 2.34. The number of likely N-dealkylation sites (tertiary alicyclic amines) is 1. The van der Waals surface area contributed by atoms with Crippen LogP contribution in [0.25, 0.3) is 0 Å². The number of carbonyl (C=O) groups excluding carboxylic acids is 1. The Kier molecular flexibility index (Phi) is 5.20. The maximum atomic E-state index is 11.7. The summed E-state index contributed by atoms with van der Waals surface area (Å²) in [7, 11) is 0. The van der Waals surface area contributed by atoms with Crippen LogP contribution in [0.3, 0.4) is 0 Å². The summed E-state index contributed by atoms with van der Waals surface area (Å²) in [6.07, 6.45) is 4.27. The van der Waals surface area contributed by atoms with E-state index < -0.39 is 0 Å². The zero-order valence-corrected chi connectivity index (χ0v) is 12.7. The second-order valence-corrected chi connectivity index (χ2v) is 6.57. The highest BCUT2D eigenvalue weighted by atomic mass is 16.6. The van der Waals surface area contributed by atoms with E-state index in [0.717, 1.165) is 19.6 Å². The van der Waals surface area contributed by atoms with Gasteiger partial charge in [0.2, 0.25) is 0 Å². The molecule has 18 heavy (non-hydrogen) atoms. The van der Waals surface area contributed by atoms with E-state index in [-0.39, 0.29) is 11.6 Å². The Labute approximate surface area is 112 Å². The monoisotopic (exact) mass is 255 g/mol. The van der Waals surface area contributed by atoms with E-state index in [0.29, 0.717) is 11.8 Å². The summed E-state index contributed by atoms with van der Waals surface area (Å²) in [6.45, 7) is 13.4. The average molecular weight is 255 g/mol. The van der Waals surface area contributed by atoms with E-state index in [4.69, 9.17) is 4.74 Å². The molecule has 0 atom stereocenters. The van der Waals surface area contributed by atoms with Crippen molar-refractivity contribution in [2.45, 2.75) is 65.9 Å². The molecule has 0 aliphatic carbocycles. The fraction of sp³-hybridized carbons (Fsp3) is 0.933. The molecule has 1 aliphatic rings. The van der Waals surface area contributed by atoms with Crippen LogP contribution in [0.15, 0.2) is 0 Å². The SMILES string of the molecule is CCC1(CC)CCN(CCC(=O)OC(C)(C)C)C1. The molecule has 1 fully saturated rings. The maximum Gasteiger partial charge on any atom is 0.307 e. The summed E-state index contributed by atoms with van der Waals surface area (Å²) in [5, 5.41) is 0. The second kappa shape index (κ2) is 6.05. The van der Waals surface area contributed by atoms with Gasteiger partial charge in [0.05, 0.1) is 6.42 Å². The van der Waals surface area contributed by atoms with Gasteiger partial charge >= 0.3 is 5.97 Å². The van der Waals surface area contributed by atoms with Crippen LogP contribution >= 0.6 is 0 Å². The van der Waals surface area contributed by atoms with Gasteiger partial charge in [-0.1, -0.05) is 13.8 Å². The number of carbonyl (C=O) groups is 1. The summed E-state index contributed by atoms with van der Waals surface area (Å²) in [6, 6.07) is 0. The van der Waals surface area contributed by atoms with Gasteiger partial charge in [0, 0.05) is 13.1 Å². The van der Waals surface area contributed by atoms with E-state index in [1.807, 2.05) is 20.8 Å². The van der Waals surface area contributed by atoms with Crippen LogP contribution in [-0.4, -0.2) is 36.1 Å². The van der Waals surface area contributed by atoms with Gasteiger partial charge in [0.1, 0.15) is 5.60 Å². The predicted octanol–water partition coefficient (Wildman–Crippen LogP) is 3.23. The third-order valence-electron chi connectivity index (χ3n) is 4.07. The minimum atomic E-state index is -0.362. The zero-order chi connectivity index (χ0) is 13.8. The Bertz CT molecular complexity index is 277. The molecule has 0 radical (unpaired) electrons. The molecule has 1 saturated heterocycles. The first-order valence-corrected chi connectivity index (χ1v) is 7.24. The minimum absolute atomic E-state index is 0.0759. The third-order valence-corrected chi connectivity index (χ3v) is 4.07. The molecule has 0 bridgehead atoms.